The van der Waals surface area contributed by atoms with Crippen molar-refractivity contribution in [3.05, 3.63) is 0 Å². The zero-order valence-electron chi connectivity index (χ0n) is 12.5. The number of nitrogens with one attached hydrogen (secondary N) is 1. The van der Waals surface area contributed by atoms with Crippen LogP contribution >= 0.6 is 0 Å². The van der Waals surface area contributed by atoms with E-state index < -0.39 is 11.4 Å². The SMILES string of the molecule is CCN(CCOC)C(=O)NCC1(C(=O)O)CCCCC1. The predicted molar refractivity (Wildman–Crippen MR) is 75.7 cm³/mol. The van der Waals surface area contributed by atoms with Gasteiger partial charge >= 0.3 is 12.0 Å². The molecule has 0 atom stereocenters. The average Bonchev–Trinajstić information content (AvgIpc) is 2.46. The molecule has 0 bridgehead atoms. The maximum absolute atomic E-state index is 12.1. The Kier molecular flexibility index (Phi) is 6.78. The molecule has 1 rings (SSSR count). The summed E-state index contributed by atoms with van der Waals surface area (Å²) < 4.78 is 4.96. The highest BCUT2D eigenvalue weighted by molar-refractivity contribution is 5.78. The molecule has 0 aromatic heterocycles. The highest BCUT2D eigenvalue weighted by Crippen LogP contribution is 2.36. The molecule has 0 unspecified atom stereocenters. The van der Waals surface area contributed by atoms with Crippen LogP contribution in [0.2, 0.25) is 0 Å². The van der Waals surface area contributed by atoms with Crippen molar-refractivity contribution in [2.75, 3.05) is 33.4 Å². The number of hydrogen-bond acceptors (Lipinski definition) is 3. The lowest BCUT2D eigenvalue weighted by Crippen LogP contribution is -2.49. The summed E-state index contributed by atoms with van der Waals surface area (Å²) in [5, 5.41) is 12.2. The van der Waals surface area contributed by atoms with Gasteiger partial charge in [-0.15, -0.1) is 0 Å². The molecule has 2 N–H and O–H groups in total. The molecule has 0 aromatic carbocycles. The number of hydrogen-bond donors (Lipinski definition) is 2. The molecule has 0 aliphatic heterocycles. The Labute approximate surface area is 120 Å². The van der Waals surface area contributed by atoms with Crippen molar-refractivity contribution in [3.63, 3.8) is 0 Å². The van der Waals surface area contributed by atoms with Crippen LogP contribution in [0, 0.1) is 5.41 Å². The fourth-order valence-electron chi connectivity index (χ4n) is 2.66. The van der Waals surface area contributed by atoms with Gasteiger partial charge in [0, 0.05) is 26.7 Å². The number of amides is 2. The average molecular weight is 286 g/mol. The first-order valence-corrected chi connectivity index (χ1v) is 7.31. The molecule has 116 valence electrons. The number of carbonyl (C=O) groups excluding carboxylic acids is 1. The molecule has 0 spiro atoms. The molecule has 1 saturated carbocycles. The topological polar surface area (TPSA) is 78.9 Å². The van der Waals surface area contributed by atoms with E-state index in [1.807, 2.05) is 6.92 Å². The Hall–Kier alpha value is -1.30. The van der Waals surface area contributed by atoms with Crippen LogP contribution in [0.15, 0.2) is 0 Å². The molecule has 0 radical (unpaired) electrons. The summed E-state index contributed by atoms with van der Waals surface area (Å²) in [6, 6.07) is -0.212. The van der Waals surface area contributed by atoms with E-state index in [0.29, 0.717) is 32.5 Å². The van der Waals surface area contributed by atoms with E-state index in [2.05, 4.69) is 5.32 Å². The molecule has 1 aliphatic rings. The minimum absolute atomic E-state index is 0.212. The predicted octanol–water partition coefficient (Wildman–Crippen LogP) is 1.70. The molecule has 0 saturated heterocycles. The number of carbonyl (C=O) groups is 2. The second-order valence-corrected chi connectivity index (χ2v) is 5.38. The first-order chi connectivity index (χ1) is 9.55. The van der Waals surface area contributed by atoms with E-state index in [0.717, 1.165) is 19.3 Å². The third-order valence-corrected chi connectivity index (χ3v) is 4.08. The molecule has 2 amide bonds. The summed E-state index contributed by atoms with van der Waals surface area (Å²) in [4.78, 5) is 25.2. The first kappa shape index (κ1) is 16.8. The van der Waals surface area contributed by atoms with Crippen molar-refractivity contribution in [3.8, 4) is 0 Å². The minimum Gasteiger partial charge on any atom is -0.481 e. The fourth-order valence-corrected chi connectivity index (χ4v) is 2.66. The van der Waals surface area contributed by atoms with Gasteiger partial charge in [0.05, 0.1) is 12.0 Å². The number of ether oxygens (including phenoxy) is 1. The quantitative estimate of drug-likeness (QED) is 0.746. The van der Waals surface area contributed by atoms with E-state index in [1.54, 1.807) is 12.0 Å². The van der Waals surface area contributed by atoms with Crippen molar-refractivity contribution in [2.24, 2.45) is 5.41 Å². The van der Waals surface area contributed by atoms with Crippen LogP contribution in [0.1, 0.15) is 39.0 Å². The molecule has 0 aromatic rings. The summed E-state index contributed by atoms with van der Waals surface area (Å²) in [6.07, 6.45) is 4.21. The normalized spacial score (nSPS) is 17.5. The Bertz CT molecular complexity index is 327. The summed E-state index contributed by atoms with van der Waals surface area (Å²) in [6.45, 7) is 3.67. The first-order valence-electron chi connectivity index (χ1n) is 7.31. The van der Waals surface area contributed by atoms with Crippen molar-refractivity contribution in [1.82, 2.24) is 10.2 Å². The number of likely N-dealkylation sites (N-methyl/N-ethyl adjacent to an activating group) is 1. The second-order valence-electron chi connectivity index (χ2n) is 5.38. The maximum atomic E-state index is 12.1. The van der Waals surface area contributed by atoms with Crippen LogP contribution in [0.4, 0.5) is 4.79 Å². The van der Waals surface area contributed by atoms with Crippen molar-refractivity contribution >= 4 is 12.0 Å². The molecule has 6 heteroatoms. The zero-order chi connectivity index (χ0) is 15.0. The number of urea groups is 1. The summed E-state index contributed by atoms with van der Waals surface area (Å²) in [7, 11) is 1.59. The van der Waals surface area contributed by atoms with Crippen molar-refractivity contribution < 1.29 is 19.4 Å². The molecular formula is C14H26N2O4. The molecule has 0 heterocycles. The molecule has 6 nitrogen and oxygen atoms in total. The number of aliphatic carboxylic acids is 1. The zero-order valence-corrected chi connectivity index (χ0v) is 12.5. The van der Waals surface area contributed by atoms with Crippen LogP contribution in [0.5, 0.6) is 0 Å². The van der Waals surface area contributed by atoms with Crippen LogP contribution in [0.25, 0.3) is 0 Å². The summed E-state index contributed by atoms with van der Waals surface area (Å²) in [5.41, 5.74) is -0.783. The third-order valence-electron chi connectivity index (χ3n) is 4.08. The van der Waals surface area contributed by atoms with Gasteiger partial charge in [0.2, 0.25) is 0 Å². The Morgan fingerprint density at radius 1 is 1.30 bits per heavy atom. The van der Waals surface area contributed by atoms with Crippen LogP contribution in [-0.2, 0) is 9.53 Å². The van der Waals surface area contributed by atoms with Gasteiger partial charge in [-0.2, -0.15) is 0 Å². The lowest BCUT2D eigenvalue weighted by Gasteiger charge is -2.34. The Morgan fingerprint density at radius 2 is 1.95 bits per heavy atom. The lowest BCUT2D eigenvalue weighted by molar-refractivity contribution is -0.150. The molecule has 1 aliphatic carbocycles. The highest BCUT2D eigenvalue weighted by atomic mass is 16.5. The second kappa shape index (κ2) is 8.09. The number of carboxylic acid groups (broad SMARTS) is 1. The fraction of sp³-hybridized carbons (Fsp3) is 0.857. The van der Waals surface area contributed by atoms with E-state index in [-0.39, 0.29) is 12.6 Å². The van der Waals surface area contributed by atoms with Gasteiger partial charge in [0.25, 0.3) is 0 Å². The van der Waals surface area contributed by atoms with Gasteiger partial charge in [-0.25, -0.2) is 4.79 Å². The van der Waals surface area contributed by atoms with Gasteiger partial charge in [-0.05, 0) is 19.8 Å². The summed E-state index contributed by atoms with van der Waals surface area (Å²) in [5.74, 6) is -0.794. The van der Waals surface area contributed by atoms with Crippen molar-refractivity contribution in [2.45, 2.75) is 39.0 Å². The molecule has 20 heavy (non-hydrogen) atoms. The van der Waals surface area contributed by atoms with Gasteiger partial charge in [-0.1, -0.05) is 19.3 Å². The Morgan fingerprint density at radius 3 is 2.45 bits per heavy atom. The largest absolute Gasteiger partial charge is 0.481 e. The van der Waals surface area contributed by atoms with Gasteiger partial charge in [0.15, 0.2) is 0 Å². The van der Waals surface area contributed by atoms with Crippen LogP contribution in [-0.4, -0.2) is 55.4 Å². The minimum atomic E-state index is -0.794. The van der Waals surface area contributed by atoms with E-state index in [9.17, 15) is 14.7 Å². The molecule has 1 fully saturated rings. The third kappa shape index (κ3) is 4.37. The van der Waals surface area contributed by atoms with Crippen molar-refractivity contribution in [1.29, 1.82) is 0 Å². The Balaban J connectivity index is 2.53. The van der Waals surface area contributed by atoms with Gasteiger partial charge < -0.3 is 20.1 Å². The number of rotatable bonds is 7. The monoisotopic (exact) mass is 286 g/mol. The lowest BCUT2D eigenvalue weighted by atomic mass is 9.74. The number of carboxylic acids is 1. The van der Waals surface area contributed by atoms with E-state index >= 15 is 0 Å². The molecular weight excluding hydrogens is 260 g/mol. The van der Waals surface area contributed by atoms with Crippen LogP contribution < -0.4 is 5.32 Å². The number of nitrogens with zero attached hydrogens (tertiary/aromatic N) is 1. The van der Waals surface area contributed by atoms with E-state index in [4.69, 9.17) is 4.74 Å². The maximum Gasteiger partial charge on any atom is 0.317 e. The smallest absolute Gasteiger partial charge is 0.317 e. The van der Waals surface area contributed by atoms with Crippen LogP contribution in [0.3, 0.4) is 0 Å². The summed E-state index contributed by atoms with van der Waals surface area (Å²) >= 11 is 0. The highest BCUT2D eigenvalue weighted by Gasteiger charge is 2.40. The standard InChI is InChI=1S/C14H26N2O4/c1-3-16(9-10-20-2)13(19)15-11-14(12(17)18)7-5-4-6-8-14/h3-11H2,1-2H3,(H,15,19)(H,17,18). The number of methoxy groups -OCH3 is 1. The van der Waals surface area contributed by atoms with Gasteiger partial charge in [0.1, 0.15) is 0 Å². The van der Waals surface area contributed by atoms with Gasteiger partial charge in [-0.3, -0.25) is 4.79 Å². The van der Waals surface area contributed by atoms with E-state index in [1.165, 1.54) is 0 Å².